The maximum absolute atomic E-state index is 11.6. The van der Waals surface area contributed by atoms with Crippen LogP contribution in [0.2, 0.25) is 0 Å². The van der Waals surface area contributed by atoms with E-state index >= 15 is 0 Å². The summed E-state index contributed by atoms with van der Waals surface area (Å²) in [5, 5.41) is 0.972. The summed E-state index contributed by atoms with van der Waals surface area (Å²) >= 11 is 0. The van der Waals surface area contributed by atoms with Gasteiger partial charge in [-0.25, -0.2) is 18.4 Å². The average molecular weight is 291 g/mol. The van der Waals surface area contributed by atoms with Gasteiger partial charge in [0.2, 0.25) is 0 Å². The SMILES string of the molecule is Cc1ccc2ncnc(N(C)C3CCS(=O)(=O)C3)c2c1. The van der Waals surface area contributed by atoms with Crippen LogP contribution < -0.4 is 4.90 Å². The van der Waals surface area contributed by atoms with E-state index in [1.165, 1.54) is 6.33 Å². The molecular formula is C14H17N3O2S. The monoisotopic (exact) mass is 291 g/mol. The van der Waals surface area contributed by atoms with Crippen LogP contribution in [0.25, 0.3) is 10.9 Å². The zero-order chi connectivity index (χ0) is 14.3. The molecule has 1 unspecified atom stereocenters. The molecule has 0 radical (unpaired) electrons. The highest BCUT2D eigenvalue weighted by Gasteiger charge is 2.31. The Labute approximate surface area is 118 Å². The lowest BCUT2D eigenvalue weighted by molar-refractivity contribution is 0.600. The molecule has 1 saturated heterocycles. The average Bonchev–Trinajstić information content (AvgIpc) is 2.77. The van der Waals surface area contributed by atoms with Crippen molar-refractivity contribution in [2.45, 2.75) is 19.4 Å². The number of hydrogen-bond donors (Lipinski definition) is 0. The van der Waals surface area contributed by atoms with Gasteiger partial charge < -0.3 is 4.90 Å². The summed E-state index contributed by atoms with van der Waals surface area (Å²) in [4.78, 5) is 10.6. The van der Waals surface area contributed by atoms with Crippen molar-refractivity contribution in [3.63, 3.8) is 0 Å². The number of anilines is 1. The second-order valence-corrected chi connectivity index (χ2v) is 7.61. The third-order valence-electron chi connectivity index (χ3n) is 3.86. The molecule has 1 atom stereocenters. The lowest BCUT2D eigenvalue weighted by atomic mass is 10.1. The molecule has 1 aliphatic rings. The molecule has 106 valence electrons. The molecule has 1 aromatic carbocycles. The maximum Gasteiger partial charge on any atom is 0.152 e. The topological polar surface area (TPSA) is 63.2 Å². The Morgan fingerprint density at radius 1 is 1.30 bits per heavy atom. The Morgan fingerprint density at radius 3 is 2.80 bits per heavy atom. The van der Waals surface area contributed by atoms with Gasteiger partial charge in [0, 0.05) is 18.5 Å². The van der Waals surface area contributed by atoms with E-state index < -0.39 is 9.84 Å². The van der Waals surface area contributed by atoms with Crippen LogP contribution in [-0.2, 0) is 9.84 Å². The van der Waals surface area contributed by atoms with Crippen molar-refractivity contribution in [1.29, 1.82) is 0 Å². The number of nitrogens with zero attached hydrogens (tertiary/aromatic N) is 3. The normalized spacial score (nSPS) is 21.2. The third-order valence-corrected chi connectivity index (χ3v) is 5.61. The van der Waals surface area contributed by atoms with Gasteiger partial charge in [-0.1, -0.05) is 11.6 Å². The van der Waals surface area contributed by atoms with E-state index in [2.05, 4.69) is 9.97 Å². The van der Waals surface area contributed by atoms with Crippen LogP contribution >= 0.6 is 0 Å². The highest BCUT2D eigenvalue weighted by atomic mass is 32.2. The Balaban J connectivity index is 2.03. The Hall–Kier alpha value is -1.69. The highest BCUT2D eigenvalue weighted by molar-refractivity contribution is 7.91. The summed E-state index contributed by atoms with van der Waals surface area (Å²) in [6.45, 7) is 2.02. The van der Waals surface area contributed by atoms with E-state index in [0.29, 0.717) is 6.42 Å². The quantitative estimate of drug-likeness (QED) is 0.840. The zero-order valence-electron chi connectivity index (χ0n) is 11.6. The van der Waals surface area contributed by atoms with E-state index in [9.17, 15) is 8.42 Å². The van der Waals surface area contributed by atoms with E-state index in [-0.39, 0.29) is 17.5 Å². The summed E-state index contributed by atoms with van der Waals surface area (Å²) in [7, 11) is -0.983. The van der Waals surface area contributed by atoms with Crippen LogP contribution in [0.3, 0.4) is 0 Å². The molecule has 1 aliphatic heterocycles. The minimum absolute atomic E-state index is 0.00128. The molecule has 20 heavy (non-hydrogen) atoms. The van der Waals surface area contributed by atoms with E-state index in [4.69, 9.17) is 0 Å². The first-order valence-corrected chi connectivity index (χ1v) is 8.43. The molecule has 3 rings (SSSR count). The Kier molecular flexibility index (Phi) is 3.12. The van der Waals surface area contributed by atoms with Gasteiger partial charge in [0.15, 0.2) is 9.84 Å². The summed E-state index contributed by atoms with van der Waals surface area (Å²) in [5.41, 5.74) is 2.02. The molecule has 1 fully saturated rings. The first kappa shape index (κ1) is 13.3. The fourth-order valence-electron chi connectivity index (χ4n) is 2.69. The standard InChI is InChI=1S/C14H17N3O2S/c1-10-3-4-13-12(7-10)14(16-9-15-13)17(2)11-5-6-20(18,19)8-11/h3-4,7,9,11H,5-6,8H2,1-2H3. The second kappa shape index (κ2) is 4.70. The van der Waals surface area contributed by atoms with E-state index in [1.807, 2.05) is 37.1 Å². The van der Waals surface area contributed by atoms with E-state index in [0.717, 1.165) is 22.3 Å². The van der Waals surface area contributed by atoms with Gasteiger partial charge in [0.1, 0.15) is 12.1 Å². The highest BCUT2D eigenvalue weighted by Crippen LogP contribution is 2.27. The summed E-state index contributed by atoms with van der Waals surface area (Å²) in [5.74, 6) is 1.28. The molecule has 0 N–H and O–H groups in total. The largest absolute Gasteiger partial charge is 0.355 e. The van der Waals surface area contributed by atoms with Crippen molar-refractivity contribution in [3.05, 3.63) is 30.1 Å². The Bertz CT molecular complexity index is 758. The number of sulfone groups is 1. The van der Waals surface area contributed by atoms with Gasteiger partial charge in [-0.05, 0) is 25.5 Å². The summed E-state index contributed by atoms with van der Waals surface area (Å²) in [6, 6.07) is 6.03. The van der Waals surface area contributed by atoms with Crippen molar-refractivity contribution in [3.8, 4) is 0 Å². The van der Waals surface area contributed by atoms with Crippen molar-refractivity contribution in [1.82, 2.24) is 9.97 Å². The fraction of sp³-hybridized carbons (Fsp3) is 0.429. The van der Waals surface area contributed by atoms with Crippen LogP contribution in [0.1, 0.15) is 12.0 Å². The van der Waals surface area contributed by atoms with Gasteiger partial charge in [-0.3, -0.25) is 0 Å². The first-order chi connectivity index (χ1) is 9.46. The van der Waals surface area contributed by atoms with Crippen LogP contribution in [0.4, 0.5) is 5.82 Å². The molecule has 0 aliphatic carbocycles. The van der Waals surface area contributed by atoms with Crippen LogP contribution in [0.5, 0.6) is 0 Å². The molecule has 1 aromatic heterocycles. The number of benzene rings is 1. The summed E-state index contributed by atoms with van der Waals surface area (Å²) < 4.78 is 23.3. The molecule has 2 aromatic rings. The first-order valence-electron chi connectivity index (χ1n) is 6.61. The van der Waals surface area contributed by atoms with Gasteiger partial charge in [-0.15, -0.1) is 0 Å². The second-order valence-electron chi connectivity index (χ2n) is 5.39. The molecular weight excluding hydrogens is 274 g/mol. The zero-order valence-corrected chi connectivity index (χ0v) is 12.4. The van der Waals surface area contributed by atoms with Gasteiger partial charge in [0.25, 0.3) is 0 Å². The predicted molar refractivity (Wildman–Crippen MR) is 79.7 cm³/mol. The molecule has 0 saturated carbocycles. The van der Waals surface area contributed by atoms with Crippen LogP contribution in [0, 0.1) is 6.92 Å². The minimum atomic E-state index is -2.89. The lowest BCUT2D eigenvalue weighted by Gasteiger charge is -2.25. The molecule has 0 spiro atoms. The van der Waals surface area contributed by atoms with E-state index in [1.54, 1.807) is 0 Å². The fourth-order valence-corrected chi connectivity index (χ4v) is 4.47. The number of aryl methyl sites for hydroxylation is 1. The smallest absolute Gasteiger partial charge is 0.152 e. The number of aromatic nitrogens is 2. The van der Waals surface area contributed by atoms with Crippen molar-refractivity contribution in [2.24, 2.45) is 0 Å². The number of rotatable bonds is 2. The van der Waals surface area contributed by atoms with Crippen LogP contribution in [0.15, 0.2) is 24.5 Å². The lowest BCUT2D eigenvalue weighted by Crippen LogP contribution is -2.33. The van der Waals surface area contributed by atoms with Crippen molar-refractivity contribution < 1.29 is 8.42 Å². The van der Waals surface area contributed by atoms with Crippen molar-refractivity contribution >= 4 is 26.6 Å². The van der Waals surface area contributed by atoms with Crippen molar-refractivity contribution in [2.75, 3.05) is 23.5 Å². The summed E-state index contributed by atoms with van der Waals surface area (Å²) in [6.07, 6.45) is 2.20. The predicted octanol–water partition coefficient (Wildman–Crippen LogP) is 1.56. The Morgan fingerprint density at radius 2 is 2.10 bits per heavy atom. The molecule has 5 nitrogen and oxygen atoms in total. The number of fused-ring (bicyclic) bond motifs is 1. The van der Waals surface area contributed by atoms with Gasteiger partial charge in [0.05, 0.1) is 17.0 Å². The van der Waals surface area contributed by atoms with Crippen LogP contribution in [-0.4, -0.2) is 43.0 Å². The molecule has 0 bridgehead atoms. The molecule has 2 heterocycles. The number of hydrogen-bond acceptors (Lipinski definition) is 5. The molecule has 6 heteroatoms. The third kappa shape index (κ3) is 2.35. The van der Waals surface area contributed by atoms with Gasteiger partial charge in [-0.2, -0.15) is 0 Å². The minimum Gasteiger partial charge on any atom is -0.355 e. The van der Waals surface area contributed by atoms with Gasteiger partial charge >= 0.3 is 0 Å². The molecule has 0 amide bonds. The maximum atomic E-state index is 11.6.